The van der Waals surface area contributed by atoms with E-state index in [4.69, 9.17) is 43.7 Å². The molecule has 0 amide bonds. The molecule has 0 aliphatic carbocycles. The van der Waals surface area contributed by atoms with Gasteiger partial charge in [0.2, 0.25) is 20.4 Å². The molecule has 3 aliphatic heterocycles. The molecule has 3 aliphatic rings. The van der Waals surface area contributed by atoms with Gasteiger partial charge in [-0.2, -0.15) is 8.42 Å². The number of halogens is 3. The molecule has 13 nitrogen and oxygen atoms in total. The van der Waals surface area contributed by atoms with Gasteiger partial charge in [0.15, 0.2) is 34.5 Å². The quantitative estimate of drug-likeness (QED) is 0.214. The number of hydrogen-bond acceptors (Lipinski definition) is 12. The lowest BCUT2D eigenvalue weighted by molar-refractivity contribution is -0.127. The van der Waals surface area contributed by atoms with E-state index in [0.717, 1.165) is 11.5 Å². The maximum absolute atomic E-state index is 10.9. The first-order chi connectivity index (χ1) is 19.3. The lowest BCUT2D eigenvalue weighted by Gasteiger charge is -1.98. The molecule has 0 unspecified atom stereocenters. The molecule has 3 aromatic carbocycles. The van der Waals surface area contributed by atoms with Crippen LogP contribution in [0.25, 0.3) is 0 Å². The van der Waals surface area contributed by atoms with Crippen LogP contribution in [0, 0.1) is 0 Å². The number of fused-ring (bicyclic) bond motifs is 3. The van der Waals surface area contributed by atoms with Crippen LogP contribution in [-0.2, 0) is 28.8 Å². The summed E-state index contributed by atoms with van der Waals surface area (Å²) in [6.45, 7) is 0.546. The summed E-state index contributed by atoms with van der Waals surface area (Å²) in [7, 11) is -2.71. The van der Waals surface area contributed by atoms with Gasteiger partial charge >= 0.3 is 10.5 Å². The number of carbonyl (C=O) groups excluding carboxylic acids is 2. The van der Waals surface area contributed by atoms with Gasteiger partial charge in [0.25, 0.3) is 19.2 Å². The molecule has 0 spiro atoms. The van der Waals surface area contributed by atoms with Crippen molar-refractivity contribution in [2.24, 2.45) is 0 Å². The maximum Gasteiger partial charge on any atom is 0.304 e. The summed E-state index contributed by atoms with van der Waals surface area (Å²) in [5, 5.41) is -2.28. The zero-order valence-corrected chi connectivity index (χ0v) is 24.1. The molecule has 1 N–H and O–H groups in total. The molecule has 0 aromatic heterocycles. The highest BCUT2D eigenvalue weighted by Gasteiger charge is 2.19. The first-order valence-corrected chi connectivity index (χ1v) is 15.2. The molecule has 3 heterocycles. The molecular weight excluding hydrogens is 679 g/mol. The second-order valence-electron chi connectivity index (χ2n) is 7.34. The largest absolute Gasteiger partial charge is 0.454 e. The first kappa shape index (κ1) is 37.6. The third-order valence-corrected chi connectivity index (χ3v) is 7.34. The standard InChI is InChI=1S/C7H5ClO4S.C7H6O5S.C7H6O2.C2Cl2O2.2CH4/c2*8-13(9,10)5-1-2-6-7(3-5)12-4-11-6;1-2-4-7-6(3-1)8-5-9-7;3-1(5)2(4)6;;/h1-3H,4H2;1-3H,4H2,(H,8,9,10);1-4H,5H2;;2*1H4. The van der Waals surface area contributed by atoms with E-state index in [1.54, 1.807) is 0 Å². The fourth-order valence-electron chi connectivity index (χ4n) is 2.91. The zero-order valence-electron chi connectivity index (χ0n) is 20.2. The molecule has 0 atom stereocenters. The van der Waals surface area contributed by atoms with Gasteiger partial charge in [-0.3, -0.25) is 14.1 Å². The van der Waals surface area contributed by atoms with Crippen LogP contribution < -0.4 is 28.4 Å². The Labute approximate surface area is 262 Å². The Balaban J connectivity index is 0.000000293. The molecule has 6 rings (SSSR count). The molecule has 43 heavy (non-hydrogen) atoms. The van der Waals surface area contributed by atoms with Gasteiger partial charge in [-0.05, 0) is 59.6 Å². The van der Waals surface area contributed by atoms with Gasteiger partial charge in [-0.25, -0.2) is 8.42 Å². The van der Waals surface area contributed by atoms with Crippen molar-refractivity contribution in [2.75, 3.05) is 20.4 Å². The Morgan fingerprint density at radius 1 is 0.581 bits per heavy atom. The lowest BCUT2D eigenvalue weighted by atomic mass is 10.3. The second kappa shape index (κ2) is 16.4. The van der Waals surface area contributed by atoms with E-state index < -0.39 is 29.7 Å². The number of hydrogen-bond donors (Lipinski definition) is 1. The predicted molar refractivity (Wildman–Crippen MR) is 156 cm³/mol. The Kier molecular flexibility index (Phi) is 14.3. The number of benzene rings is 3. The van der Waals surface area contributed by atoms with Crippen molar-refractivity contribution in [2.45, 2.75) is 24.6 Å². The van der Waals surface area contributed by atoms with Crippen LogP contribution in [0.15, 0.2) is 70.5 Å². The maximum atomic E-state index is 10.9. The van der Waals surface area contributed by atoms with Crippen molar-refractivity contribution >= 4 is 63.5 Å². The summed E-state index contributed by atoms with van der Waals surface area (Å²) in [6.07, 6.45) is 0. The molecule has 3 aromatic rings. The van der Waals surface area contributed by atoms with Crippen LogP contribution >= 0.6 is 33.9 Å². The number of carbonyl (C=O) groups is 2. The lowest BCUT2D eigenvalue weighted by Crippen LogP contribution is -1.97. The van der Waals surface area contributed by atoms with Crippen molar-refractivity contribution in [1.82, 2.24) is 0 Å². The molecule has 0 saturated heterocycles. The summed E-state index contributed by atoms with van der Waals surface area (Å²) in [5.41, 5.74) is 0. The van der Waals surface area contributed by atoms with Crippen LogP contribution in [0.2, 0.25) is 0 Å². The minimum atomic E-state index is -4.16. The zero-order chi connectivity index (χ0) is 30.2. The van der Waals surface area contributed by atoms with E-state index in [2.05, 4.69) is 23.2 Å². The summed E-state index contributed by atoms with van der Waals surface area (Å²) < 4.78 is 81.9. The molecule has 0 saturated carbocycles. The third kappa shape index (κ3) is 11.3. The summed E-state index contributed by atoms with van der Waals surface area (Å²) >= 11 is 8.98. The Hall–Kier alpha value is -3.47. The molecule has 236 valence electrons. The third-order valence-electron chi connectivity index (χ3n) is 4.70. The van der Waals surface area contributed by atoms with Crippen molar-refractivity contribution in [3.63, 3.8) is 0 Å². The van der Waals surface area contributed by atoms with E-state index in [-0.39, 0.29) is 38.2 Å². The molecule has 0 radical (unpaired) electrons. The molecule has 0 fully saturated rings. The predicted octanol–water partition coefficient (Wildman–Crippen LogP) is 5.21. The van der Waals surface area contributed by atoms with Gasteiger partial charge in [-0.1, -0.05) is 27.0 Å². The summed E-state index contributed by atoms with van der Waals surface area (Å²) in [5.74, 6) is 3.43. The molecule has 18 heteroatoms. The number of rotatable bonds is 3. The van der Waals surface area contributed by atoms with Crippen LogP contribution in [0.3, 0.4) is 0 Å². The summed E-state index contributed by atoms with van der Waals surface area (Å²) in [6, 6.07) is 15.8. The van der Waals surface area contributed by atoms with Crippen molar-refractivity contribution in [3.05, 3.63) is 60.7 Å². The monoisotopic (exact) mass is 702 g/mol. The van der Waals surface area contributed by atoms with E-state index in [1.807, 2.05) is 24.3 Å². The SMILES string of the molecule is C.C.O=C(Cl)C(=O)Cl.O=S(=O)(Cl)c1ccc2c(c1)OCO2.O=S(=O)(O)c1ccc2c(c1)OCO2.c1ccc2c(c1)OCO2. The van der Waals surface area contributed by atoms with Gasteiger partial charge in [0.1, 0.15) is 0 Å². The number of ether oxygens (including phenoxy) is 6. The van der Waals surface area contributed by atoms with Crippen LogP contribution in [0.1, 0.15) is 14.9 Å². The highest BCUT2D eigenvalue weighted by Crippen LogP contribution is 2.35. The topological polar surface area (TPSA) is 178 Å². The minimum Gasteiger partial charge on any atom is -0.454 e. The average molecular weight is 704 g/mol. The second-order valence-corrected chi connectivity index (χ2v) is 12.0. The van der Waals surface area contributed by atoms with Crippen LogP contribution in [0.5, 0.6) is 34.5 Å². The highest BCUT2D eigenvalue weighted by atomic mass is 35.7. The first-order valence-electron chi connectivity index (χ1n) is 10.7. The highest BCUT2D eigenvalue weighted by molar-refractivity contribution is 8.13. The van der Waals surface area contributed by atoms with Gasteiger partial charge < -0.3 is 28.4 Å². The fourth-order valence-corrected chi connectivity index (χ4v) is 4.17. The normalized spacial score (nSPS) is 12.7. The van der Waals surface area contributed by atoms with Gasteiger partial charge in [0.05, 0.1) is 9.79 Å². The fraction of sp³-hybridized carbons (Fsp3) is 0.200. The Morgan fingerprint density at radius 2 is 0.907 bits per heavy atom. The Bertz CT molecular complexity index is 1530. The molecule has 0 bridgehead atoms. The van der Waals surface area contributed by atoms with Crippen LogP contribution in [-0.4, -0.2) is 52.3 Å². The van der Waals surface area contributed by atoms with Crippen molar-refractivity contribution < 1.29 is 59.4 Å². The van der Waals surface area contributed by atoms with E-state index in [0.29, 0.717) is 29.8 Å². The Morgan fingerprint density at radius 3 is 1.26 bits per heavy atom. The summed E-state index contributed by atoms with van der Waals surface area (Å²) in [4.78, 5) is 18.7. The van der Waals surface area contributed by atoms with Gasteiger partial charge in [-0.15, -0.1) is 0 Å². The number of para-hydroxylation sites is 2. The minimum absolute atomic E-state index is 0. The van der Waals surface area contributed by atoms with E-state index in [9.17, 15) is 26.4 Å². The van der Waals surface area contributed by atoms with E-state index in [1.165, 1.54) is 36.4 Å². The smallest absolute Gasteiger partial charge is 0.304 e. The van der Waals surface area contributed by atoms with Crippen molar-refractivity contribution in [1.29, 1.82) is 0 Å². The van der Waals surface area contributed by atoms with Gasteiger partial charge in [0, 0.05) is 22.8 Å². The van der Waals surface area contributed by atoms with Crippen LogP contribution in [0.4, 0.5) is 0 Å². The van der Waals surface area contributed by atoms with Crippen molar-refractivity contribution in [3.8, 4) is 34.5 Å². The molecular formula is C25H25Cl3O13S2. The van der Waals surface area contributed by atoms with E-state index >= 15 is 0 Å². The average Bonchev–Trinajstić information content (AvgIpc) is 3.68.